The van der Waals surface area contributed by atoms with E-state index in [-0.39, 0.29) is 0 Å². The monoisotopic (exact) mass is 702 g/mol. The summed E-state index contributed by atoms with van der Waals surface area (Å²) in [6.07, 6.45) is 5.58. The highest BCUT2D eigenvalue weighted by atomic mass is 15.1. The minimum Gasteiger partial charge on any atom is -0.308 e. The van der Waals surface area contributed by atoms with Gasteiger partial charge in [-0.2, -0.15) is 0 Å². The van der Waals surface area contributed by atoms with Crippen molar-refractivity contribution in [1.82, 2.24) is 19.5 Å². The number of benzene rings is 8. The minimum absolute atomic E-state index is 0.597. The molecule has 8 aromatic carbocycles. The van der Waals surface area contributed by atoms with Gasteiger partial charge in [-0.05, 0) is 67.7 Å². The Morgan fingerprint density at radius 1 is 0.436 bits per heavy atom. The third-order valence-corrected chi connectivity index (χ3v) is 10.6. The summed E-state index contributed by atoms with van der Waals surface area (Å²) in [5, 5.41) is 9.54. The van der Waals surface area contributed by atoms with Gasteiger partial charge in [0.05, 0.1) is 16.7 Å². The van der Waals surface area contributed by atoms with Crippen molar-refractivity contribution in [3.8, 4) is 39.9 Å². The third-order valence-electron chi connectivity index (χ3n) is 10.6. The Morgan fingerprint density at radius 2 is 0.891 bits per heavy atom. The van der Waals surface area contributed by atoms with Gasteiger partial charge in [0.15, 0.2) is 17.5 Å². The fourth-order valence-electron chi connectivity index (χ4n) is 8.05. The Bertz CT molecular complexity index is 3120. The first kappa shape index (κ1) is 32.2. The van der Waals surface area contributed by atoms with Crippen LogP contribution in [0.2, 0.25) is 0 Å². The maximum Gasteiger partial charge on any atom is 0.166 e. The predicted octanol–water partition coefficient (Wildman–Crippen LogP) is 13.2. The number of rotatable bonds is 7. The zero-order chi connectivity index (χ0) is 36.9. The molecule has 0 saturated carbocycles. The van der Waals surface area contributed by atoms with Gasteiger partial charge < -0.3 is 4.57 Å². The van der Waals surface area contributed by atoms with Crippen LogP contribution in [0.25, 0.3) is 99.5 Å². The van der Waals surface area contributed by atoms with Gasteiger partial charge in [0, 0.05) is 27.5 Å². The van der Waals surface area contributed by atoms with Gasteiger partial charge in [0.2, 0.25) is 0 Å². The second kappa shape index (κ2) is 13.2. The lowest BCUT2D eigenvalue weighted by molar-refractivity contribution is 1.07. The summed E-state index contributed by atoms with van der Waals surface area (Å²) in [7, 11) is 0. The van der Waals surface area contributed by atoms with Crippen molar-refractivity contribution in [2.24, 2.45) is 0 Å². The third kappa shape index (κ3) is 5.34. The second-order valence-electron chi connectivity index (χ2n) is 13.7. The van der Waals surface area contributed by atoms with E-state index in [1.165, 1.54) is 37.7 Å². The van der Waals surface area contributed by atoms with E-state index in [2.05, 4.69) is 163 Å². The lowest BCUT2D eigenvalue weighted by Gasteiger charge is -2.18. The summed E-state index contributed by atoms with van der Waals surface area (Å²) in [4.78, 5) is 15.7. The molecule has 4 nitrogen and oxygen atoms in total. The van der Waals surface area contributed by atoms with Gasteiger partial charge in [-0.3, -0.25) is 0 Å². The van der Waals surface area contributed by atoms with E-state index in [1.54, 1.807) is 6.08 Å². The highest BCUT2D eigenvalue weighted by Crippen LogP contribution is 2.42. The molecule has 0 fully saturated rings. The first-order chi connectivity index (χ1) is 27.2. The lowest BCUT2D eigenvalue weighted by Crippen LogP contribution is -2.04. The highest BCUT2D eigenvalue weighted by Gasteiger charge is 2.22. The van der Waals surface area contributed by atoms with E-state index in [1.807, 2.05) is 30.4 Å². The van der Waals surface area contributed by atoms with Crippen LogP contribution in [0.5, 0.6) is 0 Å². The number of allylic oxidation sites excluding steroid dienone is 4. The van der Waals surface area contributed by atoms with Gasteiger partial charge >= 0.3 is 0 Å². The number of aromatic nitrogens is 4. The molecular weight excluding hydrogens is 669 g/mol. The standard InChI is InChI=1S/C51H34N4/c1-3-16-33(4-2)34-27-29-36(30-28-34)50-52-49(35-17-6-5-7-18-35)53-51(54-50)45-31-43-39-21-10-8-19-37(39)38-20-9-11-22-40(38)44(43)32-48(45)55-46-25-14-12-23-41(46)42-24-13-15-26-47(42)55/h3-32H,1-2H2/b33-16+. The molecule has 0 N–H and O–H groups in total. The van der Waals surface area contributed by atoms with Gasteiger partial charge in [-0.25, -0.2) is 15.0 Å². The quantitative estimate of drug-likeness (QED) is 0.123. The normalized spacial score (nSPS) is 11.9. The first-order valence-electron chi connectivity index (χ1n) is 18.4. The molecule has 55 heavy (non-hydrogen) atoms. The molecule has 0 amide bonds. The second-order valence-corrected chi connectivity index (χ2v) is 13.7. The van der Waals surface area contributed by atoms with Crippen LogP contribution in [0.3, 0.4) is 0 Å². The van der Waals surface area contributed by atoms with Crippen LogP contribution in [0.15, 0.2) is 195 Å². The summed E-state index contributed by atoms with van der Waals surface area (Å²) in [6, 6.07) is 57.8. The van der Waals surface area contributed by atoms with Crippen molar-refractivity contribution in [2.75, 3.05) is 0 Å². The molecule has 0 unspecified atom stereocenters. The number of hydrogen-bond donors (Lipinski definition) is 0. The van der Waals surface area contributed by atoms with E-state index in [4.69, 9.17) is 15.0 Å². The van der Waals surface area contributed by atoms with E-state index in [0.717, 1.165) is 49.9 Å². The largest absolute Gasteiger partial charge is 0.308 e. The average molecular weight is 703 g/mol. The Labute approximate surface area is 318 Å². The molecule has 10 rings (SSSR count). The number of nitrogens with zero attached hydrogens (tertiary/aromatic N) is 4. The predicted molar refractivity (Wildman–Crippen MR) is 231 cm³/mol. The fourth-order valence-corrected chi connectivity index (χ4v) is 8.05. The molecule has 0 spiro atoms. The topological polar surface area (TPSA) is 43.6 Å². The minimum atomic E-state index is 0.597. The zero-order valence-corrected chi connectivity index (χ0v) is 30.0. The molecule has 0 radical (unpaired) electrons. The van der Waals surface area contributed by atoms with Crippen molar-refractivity contribution in [1.29, 1.82) is 0 Å². The van der Waals surface area contributed by atoms with Crippen LogP contribution < -0.4 is 0 Å². The van der Waals surface area contributed by atoms with Crippen molar-refractivity contribution in [3.05, 3.63) is 201 Å². The average Bonchev–Trinajstić information content (AvgIpc) is 3.59. The molecule has 0 saturated heterocycles. The molecule has 258 valence electrons. The summed E-state index contributed by atoms with van der Waals surface area (Å²) in [6.45, 7) is 7.87. The molecule has 0 aliphatic carbocycles. The van der Waals surface area contributed by atoms with Crippen molar-refractivity contribution < 1.29 is 0 Å². The van der Waals surface area contributed by atoms with Crippen molar-refractivity contribution in [2.45, 2.75) is 0 Å². The maximum atomic E-state index is 5.32. The highest BCUT2D eigenvalue weighted by molar-refractivity contribution is 6.26. The first-order valence-corrected chi connectivity index (χ1v) is 18.4. The summed E-state index contributed by atoms with van der Waals surface area (Å²) in [5.74, 6) is 1.81. The Balaban J connectivity index is 1.33. The molecule has 4 heteroatoms. The smallest absolute Gasteiger partial charge is 0.166 e. The van der Waals surface area contributed by atoms with Crippen LogP contribution >= 0.6 is 0 Å². The van der Waals surface area contributed by atoms with E-state index < -0.39 is 0 Å². The molecular formula is C51H34N4. The molecule has 10 aromatic rings. The van der Waals surface area contributed by atoms with E-state index >= 15 is 0 Å². The van der Waals surface area contributed by atoms with E-state index in [9.17, 15) is 0 Å². The van der Waals surface area contributed by atoms with Crippen LogP contribution in [-0.2, 0) is 0 Å². The zero-order valence-electron chi connectivity index (χ0n) is 30.0. The molecule has 0 aliphatic heterocycles. The van der Waals surface area contributed by atoms with Crippen LogP contribution in [0.1, 0.15) is 5.56 Å². The molecule has 0 bridgehead atoms. The van der Waals surface area contributed by atoms with Gasteiger partial charge in [-0.1, -0.05) is 171 Å². The molecule has 2 heterocycles. The van der Waals surface area contributed by atoms with Crippen molar-refractivity contribution >= 4 is 59.7 Å². The summed E-state index contributed by atoms with van der Waals surface area (Å²) in [5.41, 5.74) is 8.00. The van der Waals surface area contributed by atoms with Crippen LogP contribution in [0.4, 0.5) is 0 Å². The SMILES string of the molecule is C=C/C=C(\C=C)c1ccc(-c2nc(-c3ccccc3)nc(-c3cc4c5ccccc5c5ccccc5c4cc3-n3c4ccccc4c4ccccc43)n2)cc1. The molecule has 2 aromatic heterocycles. The van der Waals surface area contributed by atoms with Gasteiger partial charge in [-0.15, -0.1) is 0 Å². The van der Waals surface area contributed by atoms with Crippen LogP contribution in [0, 0.1) is 0 Å². The number of hydrogen-bond acceptors (Lipinski definition) is 3. The molecule has 0 aliphatic rings. The Kier molecular flexibility index (Phi) is 7.74. The fraction of sp³-hybridized carbons (Fsp3) is 0. The maximum absolute atomic E-state index is 5.32. The molecule has 0 atom stereocenters. The Hall–Kier alpha value is -7.43. The summed E-state index contributed by atoms with van der Waals surface area (Å²) < 4.78 is 2.38. The number of para-hydroxylation sites is 2. The lowest BCUT2D eigenvalue weighted by atomic mass is 9.92. The van der Waals surface area contributed by atoms with Gasteiger partial charge in [0.25, 0.3) is 0 Å². The number of fused-ring (bicyclic) bond motifs is 9. The van der Waals surface area contributed by atoms with Crippen molar-refractivity contribution in [3.63, 3.8) is 0 Å². The Morgan fingerprint density at radius 3 is 1.44 bits per heavy atom. The summed E-state index contributed by atoms with van der Waals surface area (Å²) >= 11 is 0. The van der Waals surface area contributed by atoms with Crippen LogP contribution in [-0.4, -0.2) is 19.5 Å². The van der Waals surface area contributed by atoms with Gasteiger partial charge in [0.1, 0.15) is 0 Å². The van der Waals surface area contributed by atoms with E-state index in [0.29, 0.717) is 17.5 Å².